The van der Waals surface area contributed by atoms with Gasteiger partial charge in [-0.25, -0.2) is 0 Å². The third-order valence-electron chi connectivity index (χ3n) is 3.15. The van der Waals surface area contributed by atoms with Gasteiger partial charge in [-0.05, 0) is 25.1 Å². The molecular weight excluding hydrogens is 224 g/mol. The van der Waals surface area contributed by atoms with Gasteiger partial charge in [0, 0.05) is 12.3 Å². The first kappa shape index (κ1) is 11.5. The van der Waals surface area contributed by atoms with Crippen LogP contribution in [0.4, 0.5) is 0 Å². The van der Waals surface area contributed by atoms with Crippen LogP contribution in [0.1, 0.15) is 38.1 Å². The predicted octanol–water partition coefficient (Wildman–Crippen LogP) is 1.77. The molecular formula is C11H16N2O2S. The topological polar surface area (TPSA) is 58.0 Å². The molecule has 0 radical (unpaired) electrons. The molecule has 4 nitrogen and oxygen atoms in total. The summed E-state index contributed by atoms with van der Waals surface area (Å²) in [6.45, 7) is 0. The second kappa shape index (κ2) is 4.93. The SMILES string of the molecule is O=c1ccn(C2CCCCCC2O)c(=S)[nH]1. The Balaban J connectivity index is 2.34. The lowest BCUT2D eigenvalue weighted by atomic mass is 10.1. The first-order valence-electron chi connectivity index (χ1n) is 5.68. The quantitative estimate of drug-likeness (QED) is 0.581. The van der Waals surface area contributed by atoms with Gasteiger partial charge >= 0.3 is 0 Å². The van der Waals surface area contributed by atoms with Crippen molar-refractivity contribution in [2.75, 3.05) is 0 Å². The summed E-state index contributed by atoms with van der Waals surface area (Å²) < 4.78 is 2.21. The van der Waals surface area contributed by atoms with Crippen LogP contribution in [0.3, 0.4) is 0 Å². The zero-order valence-electron chi connectivity index (χ0n) is 9.06. The summed E-state index contributed by atoms with van der Waals surface area (Å²) in [4.78, 5) is 13.7. The summed E-state index contributed by atoms with van der Waals surface area (Å²) in [5.41, 5.74) is -0.190. The second-order valence-electron chi connectivity index (χ2n) is 4.29. The number of rotatable bonds is 1. The van der Waals surface area contributed by atoms with Crippen molar-refractivity contribution in [2.45, 2.75) is 44.2 Å². The number of aromatic amines is 1. The molecule has 0 saturated heterocycles. The minimum absolute atomic E-state index is 0.00634. The lowest BCUT2D eigenvalue weighted by Gasteiger charge is -2.23. The minimum atomic E-state index is -0.361. The molecule has 0 spiro atoms. The molecule has 1 aliphatic rings. The van der Waals surface area contributed by atoms with Gasteiger partial charge in [-0.1, -0.05) is 19.3 Å². The Morgan fingerprint density at radius 1 is 1.38 bits per heavy atom. The summed E-state index contributed by atoms with van der Waals surface area (Å²) in [6.07, 6.45) is 6.37. The maximum absolute atomic E-state index is 11.1. The Morgan fingerprint density at radius 3 is 2.88 bits per heavy atom. The van der Waals surface area contributed by atoms with Crippen molar-refractivity contribution >= 4 is 12.2 Å². The fraction of sp³-hybridized carbons (Fsp3) is 0.636. The Labute approximate surface area is 98.9 Å². The molecule has 2 unspecified atom stereocenters. The average molecular weight is 240 g/mol. The summed E-state index contributed by atoms with van der Waals surface area (Å²) in [6, 6.07) is 1.46. The summed E-state index contributed by atoms with van der Waals surface area (Å²) in [5.74, 6) is 0. The van der Waals surface area contributed by atoms with Gasteiger partial charge in [0.25, 0.3) is 5.56 Å². The highest BCUT2D eigenvalue weighted by Gasteiger charge is 2.22. The van der Waals surface area contributed by atoms with E-state index in [0.29, 0.717) is 4.77 Å². The van der Waals surface area contributed by atoms with Gasteiger partial charge in [0.15, 0.2) is 4.77 Å². The van der Waals surface area contributed by atoms with E-state index in [9.17, 15) is 9.90 Å². The maximum atomic E-state index is 11.1. The molecule has 88 valence electrons. The third-order valence-corrected chi connectivity index (χ3v) is 3.47. The van der Waals surface area contributed by atoms with E-state index in [-0.39, 0.29) is 17.7 Å². The number of H-pyrrole nitrogens is 1. The van der Waals surface area contributed by atoms with Crippen LogP contribution in [0.2, 0.25) is 0 Å². The van der Waals surface area contributed by atoms with Gasteiger partial charge in [-0.3, -0.25) is 9.78 Å². The van der Waals surface area contributed by atoms with Gasteiger partial charge in [0.1, 0.15) is 0 Å². The molecule has 0 amide bonds. The normalized spacial score (nSPS) is 26.3. The summed E-state index contributed by atoms with van der Waals surface area (Å²) in [7, 11) is 0. The Hall–Kier alpha value is -0.940. The van der Waals surface area contributed by atoms with Crippen molar-refractivity contribution in [3.8, 4) is 0 Å². The molecule has 1 saturated carbocycles. The summed E-state index contributed by atoms with van der Waals surface area (Å²) in [5, 5.41) is 10.0. The fourth-order valence-corrected chi connectivity index (χ4v) is 2.58. The number of aliphatic hydroxyl groups excluding tert-OH is 1. The van der Waals surface area contributed by atoms with Crippen LogP contribution >= 0.6 is 12.2 Å². The molecule has 0 aliphatic heterocycles. The predicted molar refractivity (Wildman–Crippen MR) is 64.0 cm³/mol. The lowest BCUT2D eigenvalue weighted by Crippen LogP contribution is -2.25. The van der Waals surface area contributed by atoms with Gasteiger partial charge in [-0.15, -0.1) is 0 Å². The molecule has 1 aromatic heterocycles. The number of aliphatic hydroxyl groups is 1. The Morgan fingerprint density at radius 2 is 2.12 bits per heavy atom. The number of aromatic nitrogens is 2. The van der Waals surface area contributed by atoms with Crippen LogP contribution in [0.25, 0.3) is 0 Å². The Kier molecular flexibility index (Phi) is 3.56. The van der Waals surface area contributed by atoms with Crippen molar-refractivity contribution in [2.24, 2.45) is 0 Å². The average Bonchev–Trinajstić information content (AvgIpc) is 2.44. The molecule has 5 heteroatoms. The van der Waals surface area contributed by atoms with Crippen molar-refractivity contribution in [3.63, 3.8) is 0 Å². The molecule has 16 heavy (non-hydrogen) atoms. The van der Waals surface area contributed by atoms with E-state index in [1.165, 1.54) is 6.07 Å². The largest absolute Gasteiger partial charge is 0.391 e. The molecule has 1 heterocycles. The van der Waals surface area contributed by atoms with E-state index in [1.807, 2.05) is 4.57 Å². The van der Waals surface area contributed by atoms with Gasteiger partial charge in [0.05, 0.1) is 12.1 Å². The first-order chi connectivity index (χ1) is 7.68. The van der Waals surface area contributed by atoms with E-state index < -0.39 is 0 Å². The van der Waals surface area contributed by atoms with Crippen LogP contribution < -0.4 is 5.56 Å². The minimum Gasteiger partial charge on any atom is -0.391 e. The van der Waals surface area contributed by atoms with Crippen LogP contribution in [0.15, 0.2) is 17.1 Å². The zero-order valence-corrected chi connectivity index (χ0v) is 9.87. The second-order valence-corrected chi connectivity index (χ2v) is 4.68. The lowest BCUT2D eigenvalue weighted by molar-refractivity contribution is 0.104. The Bertz CT molecular complexity index is 466. The van der Waals surface area contributed by atoms with Gasteiger partial charge in [0.2, 0.25) is 0 Å². The van der Waals surface area contributed by atoms with E-state index in [2.05, 4.69) is 4.98 Å². The zero-order chi connectivity index (χ0) is 11.5. The van der Waals surface area contributed by atoms with E-state index in [4.69, 9.17) is 12.2 Å². The summed E-state index contributed by atoms with van der Waals surface area (Å²) >= 11 is 5.11. The smallest absolute Gasteiger partial charge is 0.251 e. The van der Waals surface area contributed by atoms with Crippen molar-refractivity contribution in [3.05, 3.63) is 27.4 Å². The molecule has 1 aliphatic carbocycles. The van der Waals surface area contributed by atoms with Gasteiger partial charge < -0.3 is 9.67 Å². The molecule has 1 fully saturated rings. The van der Waals surface area contributed by atoms with Crippen LogP contribution in [-0.4, -0.2) is 20.8 Å². The fourth-order valence-electron chi connectivity index (χ4n) is 2.28. The first-order valence-corrected chi connectivity index (χ1v) is 6.09. The van der Waals surface area contributed by atoms with Crippen molar-refractivity contribution in [1.29, 1.82) is 0 Å². The molecule has 2 N–H and O–H groups in total. The number of nitrogens with zero attached hydrogens (tertiary/aromatic N) is 1. The van der Waals surface area contributed by atoms with E-state index in [0.717, 1.165) is 32.1 Å². The number of hydrogen-bond donors (Lipinski definition) is 2. The van der Waals surface area contributed by atoms with E-state index in [1.54, 1.807) is 6.20 Å². The highest BCUT2D eigenvalue weighted by atomic mass is 32.1. The highest BCUT2D eigenvalue weighted by Crippen LogP contribution is 2.27. The standard InChI is InChI=1S/C11H16N2O2S/c14-9-5-3-1-2-4-8(9)13-7-6-10(15)12-11(13)16/h6-9,14H,1-5H2,(H,12,15,16). The van der Waals surface area contributed by atoms with Gasteiger partial charge in [-0.2, -0.15) is 0 Å². The van der Waals surface area contributed by atoms with Crippen molar-refractivity contribution in [1.82, 2.24) is 9.55 Å². The molecule has 2 atom stereocenters. The van der Waals surface area contributed by atoms with Crippen molar-refractivity contribution < 1.29 is 5.11 Å². The van der Waals surface area contributed by atoms with Crippen LogP contribution in [0.5, 0.6) is 0 Å². The van der Waals surface area contributed by atoms with E-state index >= 15 is 0 Å². The monoisotopic (exact) mass is 240 g/mol. The molecule has 2 rings (SSSR count). The molecule has 0 aromatic carbocycles. The number of hydrogen-bond acceptors (Lipinski definition) is 3. The highest BCUT2D eigenvalue weighted by molar-refractivity contribution is 7.71. The van der Waals surface area contributed by atoms with Crippen LogP contribution in [0, 0.1) is 4.77 Å². The third kappa shape index (κ3) is 2.41. The maximum Gasteiger partial charge on any atom is 0.251 e. The molecule has 1 aromatic rings. The molecule has 0 bridgehead atoms. The number of nitrogens with one attached hydrogen (secondary N) is 1. The van der Waals surface area contributed by atoms with Crippen LogP contribution in [-0.2, 0) is 0 Å².